The maximum absolute atomic E-state index is 12.3. The van der Waals surface area contributed by atoms with Crippen LogP contribution in [0.25, 0.3) is 0 Å². The summed E-state index contributed by atoms with van der Waals surface area (Å²) in [6.07, 6.45) is 0. The second-order valence-corrected chi connectivity index (χ2v) is 6.17. The number of ether oxygens (including phenoxy) is 5. The summed E-state index contributed by atoms with van der Waals surface area (Å²) >= 11 is 0. The first-order valence-electron chi connectivity index (χ1n) is 8.99. The summed E-state index contributed by atoms with van der Waals surface area (Å²) < 4.78 is 25.8. The molecule has 2 aromatic carbocycles. The van der Waals surface area contributed by atoms with Gasteiger partial charge in [0.25, 0.3) is 0 Å². The number of ketones is 1. The Bertz CT molecular complexity index is 969. The van der Waals surface area contributed by atoms with Crippen LogP contribution in [0, 0.1) is 0 Å². The molecule has 0 aromatic heterocycles. The summed E-state index contributed by atoms with van der Waals surface area (Å²) in [5.41, 5.74) is 1.58. The molecule has 9 heteroatoms. The molecule has 0 radical (unpaired) electrons. The summed E-state index contributed by atoms with van der Waals surface area (Å²) in [4.78, 5) is 29.2. The molecule has 158 valence electrons. The zero-order valence-corrected chi connectivity index (χ0v) is 16.8. The van der Waals surface area contributed by atoms with E-state index in [1.165, 1.54) is 14.2 Å². The SMILES string of the molecule is COc1ccc(C(=O)COC(=O)CO/N=C(/C)c2ccc3c(c2)OCO3)c(OC)c1. The number of carbonyl (C=O) groups is 2. The first-order valence-corrected chi connectivity index (χ1v) is 8.99. The summed E-state index contributed by atoms with van der Waals surface area (Å²) in [5, 5.41) is 3.89. The van der Waals surface area contributed by atoms with Crippen molar-refractivity contribution in [1.29, 1.82) is 0 Å². The van der Waals surface area contributed by atoms with Gasteiger partial charge in [0.15, 0.2) is 18.1 Å². The van der Waals surface area contributed by atoms with Gasteiger partial charge in [0, 0.05) is 11.6 Å². The van der Waals surface area contributed by atoms with Crippen molar-refractivity contribution >= 4 is 17.5 Å². The number of fused-ring (bicyclic) bond motifs is 1. The zero-order valence-electron chi connectivity index (χ0n) is 16.8. The van der Waals surface area contributed by atoms with Crippen molar-refractivity contribution in [2.75, 3.05) is 34.2 Å². The van der Waals surface area contributed by atoms with Crippen molar-refractivity contribution in [2.24, 2.45) is 5.16 Å². The van der Waals surface area contributed by atoms with Gasteiger partial charge in [-0.15, -0.1) is 0 Å². The van der Waals surface area contributed by atoms with Gasteiger partial charge in [-0.3, -0.25) is 4.79 Å². The van der Waals surface area contributed by atoms with Crippen LogP contribution in [0.5, 0.6) is 23.0 Å². The number of benzene rings is 2. The Labute approximate surface area is 173 Å². The molecule has 0 aliphatic carbocycles. The Hall–Kier alpha value is -3.75. The van der Waals surface area contributed by atoms with Crippen LogP contribution in [0.2, 0.25) is 0 Å². The van der Waals surface area contributed by atoms with Crippen molar-refractivity contribution in [2.45, 2.75) is 6.92 Å². The molecule has 0 spiro atoms. The molecule has 2 aromatic rings. The molecule has 0 N–H and O–H groups in total. The largest absolute Gasteiger partial charge is 0.497 e. The highest BCUT2D eigenvalue weighted by molar-refractivity contribution is 6.00. The van der Waals surface area contributed by atoms with Gasteiger partial charge in [-0.2, -0.15) is 0 Å². The number of hydrogen-bond acceptors (Lipinski definition) is 9. The van der Waals surface area contributed by atoms with E-state index in [-0.39, 0.29) is 12.4 Å². The van der Waals surface area contributed by atoms with E-state index in [2.05, 4.69) is 5.16 Å². The van der Waals surface area contributed by atoms with E-state index < -0.39 is 25.0 Å². The van der Waals surface area contributed by atoms with Gasteiger partial charge < -0.3 is 28.5 Å². The minimum Gasteiger partial charge on any atom is -0.497 e. The van der Waals surface area contributed by atoms with E-state index in [9.17, 15) is 9.59 Å². The molecule has 1 aliphatic heterocycles. The highest BCUT2D eigenvalue weighted by atomic mass is 16.7. The smallest absolute Gasteiger partial charge is 0.347 e. The van der Waals surface area contributed by atoms with Crippen LogP contribution in [-0.4, -0.2) is 51.7 Å². The fourth-order valence-corrected chi connectivity index (χ4v) is 2.65. The van der Waals surface area contributed by atoms with E-state index in [4.69, 9.17) is 28.5 Å². The van der Waals surface area contributed by atoms with E-state index in [0.29, 0.717) is 28.7 Å². The minimum atomic E-state index is -0.724. The van der Waals surface area contributed by atoms with Gasteiger partial charge in [-0.25, -0.2) is 4.79 Å². The summed E-state index contributed by atoms with van der Waals surface area (Å²) in [5.74, 6) is 1.02. The number of oxime groups is 1. The van der Waals surface area contributed by atoms with Crippen molar-refractivity contribution in [3.05, 3.63) is 47.5 Å². The third kappa shape index (κ3) is 4.99. The number of Topliss-reactive ketones (excluding diaryl/α,β-unsaturated/α-hetero) is 1. The Morgan fingerprint density at radius 2 is 1.80 bits per heavy atom. The number of hydrogen-bond donors (Lipinski definition) is 0. The van der Waals surface area contributed by atoms with Crippen LogP contribution in [-0.2, 0) is 14.4 Å². The maximum atomic E-state index is 12.3. The molecule has 0 saturated heterocycles. The first kappa shape index (κ1) is 21.0. The highest BCUT2D eigenvalue weighted by Gasteiger charge is 2.16. The Balaban J connectivity index is 1.49. The molecule has 3 rings (SSSR count). The third-order valence-electron chi connectivity index (χ3n) is 4.25. The van der Waals surface area contributed by atoms with Gasteiger partial charge in [0.2, 0.25) is 19.2 Å². The van der Waals surface area contributed by atoms with Crippen LogP contribution in [0.3, 0.4) is 0 Å². The lowest BCUT2D eigenvalue weighted by molar-refractivity contribution is -0.147. The predicted molar refractivity (Wildman–Crippen MR) is 106 cm³/mol. The summed E-state index contributed by atoms with van der Waals surface area (Å²) in [6, 6.07) is 10.1. The van der Waals surface area contributed by atoms with Crippen molar-refractivity contribution in [1.82, 2.24) is 0 Å². The molecule has 0 unspecified atom stereocenters. The topological polar surface area (TPSA) is 102 Å². The molecule has 30 heavy (non-hydrogen) atoms. The van der Waals surface area contributed by atoms with E-state index in [1.807, 2.05) is 0 Å². The highest BCUT2D eigenvalue weighted by Crippen LogP contribution is 2.32. The first-order chi connectivity index (χ1) is 14.5. The van der Waals surface area contributed by atoms with Crippen LogP contribution in [0.4, 0.5) is 0 Å². The van der Waals surface area contributed by atoms with Crippen LogP contribution in [0.15, 0.2) is 41.6 Å². The molecule has 1 heterocycles. The molecule has 1 aliphatic rings. The van der Waals surface area contributed by atoms with Gasteiger partial charge >= 0.3 is 5.97 Å². The molecule has 0 saturated carbocycles. The second kappa shape index (κ2) is 9.64. The van der Waals surface area contributed by atoms with Gasteiger partial charge in [-0.1, -0.05) is 5.16 Å². The standard InChI is InChI=1S/C21H21NO8/c1-13(14-4-7-18-20(8-14)29-12-28-18)22-30-11-21(24)27-10-17(23)16-6-5-15(25-2)9-19(16)26-3/h4-9H,10-12H2,1-3H3/b22-13-. The summed E-state index contributed by atoms with van der Waals surface area (Å²) in [6.45, 7) is 1.02. The minimum absolute atomic E-state index is 0.179. The lowest BCUT2D eigenvalue weighted by atomic mass is 10.1. The number of carbonyl (C=O) groups excluding carboxylic acids is 2. The van der Waals surface area contributed by atoms with Crippen molar-refractivity contribution in [3.63, 3.8) is 0 Å². The van der Waals surface area contributed by atoms with Gasteiger partial charge in [0.05, 0.1) is 25.5 Å². The second-order valence-electron chi connectivity index (χ2n) is 6.17. The molecule has 0 amide bonds. The van der Waals surface area contributed by atoms with Crippen LogP contribution < -0.4 is 18.9 Å². The molecular formula is C21H21NO8. The average molecular weight is 415 g/mol. The van der Waals surface area contributed by atoms with E-state index in [1.54, 1.807) is 43.3 Å². The molecule has 9 nitrogen and oxygen atoms in total. The lowest BCUT2D eigenvalue weighted by Crippen LogP contribution is -2.18. The Morgan fingerprint density at radius 1 is 1.00 bits per heavy atom. The average Bonchev–Trinajstić information content (AvgIpc) is 3.24. The summed E-state index contributed by atoms with van der Waals surface area (Å²) in [7, 11) is 2.95. The van der Waals surface area contributed by atoms with Crippen LogP contribution in [0.1, 0.15) is 22.8 Å². The number of nitrogens with zero attached hydrogens (tertiary/aromatic N) is 1. The number of methoxy groups -OCH3 is 2. The zero-order chi connectivity index (χ0) is 21.5. The van der Waals surface area contributed by atoms with Gasteiger partial charge in [0.1, 0.15) is 11.5 Å². The monoisotopic (exact) mass is 415 g/mol. The number of esters is 1. The van der Waals surface area contributed by atoms with Crippen molar-refractivity contribution < 1.29 is 38.1 Å². The quantitative estimate of drug-likeness (QED) is 0.267. The molecular weight excluding hydrogens is 394 g/mol. The van der Waals surface area contributed by atoms with E-state index >= 15 is 0 Å². The van der Waals surface area contributed by atoms with E-state index in [0.717, 1.165) is 5.56 Å². The fourth-order valence-electron chi connectivity index (χ4n) is 2.65. The normalized spacial score (nSPS) is 12.3. The molecule has 0 fully saturated rings. The maximum Gasteiger partial charge on any atom is 0.347 e. The predicted octanol–water partition coefficient (Wildman–Crippen LogP) is 2.60. The van der Waals surface area contributed by atoms with Crippen LogP contribution >= 0.6 is 0 Å². The lowest BCUT2D eigenvalue weighted by Gasteiger charge is -2.10. The third-order valence-corrected chi connectivity index (χ3v) is 4.25. The Morgan fingerprint density at radius 3 is 2.57 bits per heavy atom. The fraction of sp³-hybridized carbons (Fsp3) is 0.286. The van der Waals surface area contributed by atoms with Crippen molar-refractivity contribution in [3.8, 4) is 23.0 Å². The number of rotatable bonds is 9. The van der Waals surface area contributed by atoms with Gasteiger partial charge in [-0.05, 0) is 37.3 Å². The molecule has 0 atom stereocenters. The Kier molecular flexibility index (Phi) is 6.74. The molecule has 0 bridgehead atoms.